The number of hydrogen-bond acceptors (Lipinski definition) is 5. The second-order valence-corrected chi connectivity index (χ2v) is 6.60. The van der Waals surface area contributed by atoms with Crippen LogP contribution < -0.4 is 15.5 Å². The number of carbonyl (C=O) groups excluding carboxylic acids is 2. The molecule has 2 aromatic rings. The Balaban J connectivity index is 1.72. The van der Waals surface area contributed by atoms with Gasteiger partial charge in [0.25, 0.3) is 5.91 Å². The molecule has 25 heavy (non-hydrogen) atoms. The molecule has 0 unspecified atom stereocenters. The van der Waals surface area contributed by atoms with Crippen LogP contribution in [0.15, 0.2) is 41.4 Å². The van der Waals surface area contributed by atoms with Gasteiger partial charge in [-0.3, -0.25) is 9.59 Å². The van der Waals surface area contributed by atoms with Crippen LogP contribution in [-0.2, 0) is 4.79 Å². The van der Waals surface area contributed by atoms with Crippen LogP contribution in [0.25, 0.3) is 0 Å². The fourth-order valence-electron chi connectivity index (χ4n) is 2.62. The van der Waals surface area contributed by atoms with Crippen molar-refractivity contribution >= 4 is 40.8 Å². The van der Waals surface area contributed by atoms with Crippen LogP contribution in [-0.4, -0.2) is 35.6 Å². The smallest absolute Gasteiger partial charge is 0.255 e. The fourth-order valence-corrected chi connectivity index (χ4v) is 3.41. The molecule has 0 aliphatic carbocycles. The minimum Gasteiger partial charge on any atom is -0.357 e. The van der Waals surface area contributed by atoms with Crippen molar-refractivity contribution in [1.29, 1.82) is 0 Å². The molecule has 0 spiro atoms. The minimum absolute atomic E-state index is 0.0498. The van der Waals surface area contributed by atoms with E-state index in [4.69, 9.17) is 0 Å². The summed E-state index contributed by atoms with van der Waals surface area (Å²) >= 11 is 1.47. The highest BCUT2D eigenvalue weighted by molar-refractivity contribution is 8.00. The van der Waals surface area contributed by atoms with Gasteiger partial charge in [-0.1, -0.05) is 0 Å². The number of hydrogen-bond donors (Lipinski definition) is 2. The third-order valence-corrected chi connectivity index (χ3v) is 5.04. The molecule has 2 amide bonds. The van der Waals surface area contributed by atoms with Gasteiger partial charge in [0.2, 0.25) is 5.91 Å². The quantitative estimate of drug-likeness (QED) is 0.860. The van der Waals surface area contributed by atoms with Crippen LogP contribution in [0, 0.1) is 0 Å². The van der Waals surface area contributed by atoms with Crippen LogP contribution >= 0.6 is 11.8 Å². The Hall–Kier alpha value is -2.54. The molecule has 3 rings (SSSR count). The molecular weight excluding hydrogens is 336 g/mol. The molecular formula is C18H20N4O2S. The molecule has 2 heterocycles. The second kappa shape index (κ2) is 7.57. The Kier molecular flexibility index (Phi) is 5.23. The van der Waals surface area contributed by atoms with Gasteiger partial charge >= 0.3 is 0 Å². The Morgan fingerprint density at radius 2 is 2.08 bits per heavy atom. The standard InChI is InChI=1S/C18H20N4O2S/c1-3-22(4-2)16-8-6-13(10-19-16)20-18(24)12-5-7-15-14(9-12)21-17(23)11-25-15/h5-10H,3-4,11H2,1-2H3,(H,20,24)(H,21,23). The minimum atomic E-state index is -0.231. The van der Waals surface area contributed by atoms with Gasteiger partial charge in [-0.25, -0.2) is 4.98 Å². The summed E-state index contributed by atoms with van der Waals surface area (Å²) < 4.78 is 0. The lowest BCUT2D eigenvalue weighted by Gasteiger charge is -2.19. The van der Waals surface area contributed by atoms with Gasteiger partial charge in [0.1, 0.15) is 5.82 Å². The SMILES string of the molecule is CCN(CC)c1ccc(NC(=O)c2ccc3c(c2)NC(=O)CS3)cn1. The molecule has 0 radical (unpaired) electrons. The van der Waals surface area contributed by atoms with Gasteiger partial charge in [0, 0.05) is 23.5 Å². The first-order valence-electron chi connectivity index (χ1n) is 8.19. The van der Waals surface area contributed by atoms with E-state index >= 15 is 0 Å². The monoisotopic (exact) mass is 356 g/mol. The van der Waals surface area contributed by atoms with Crippen molar-refractivity contribution in [1.82, 2.24) is 4.98 Å². The number of benzene rings is 1. The van der Waals surface area contributed by atoms with E-state index in [0.717, 1.165) is 23.8 Å². The van der Waals surface area contributed by atoms with E-state index in [2.05, 4.69) is 34.4 Å². The lowest BCUT2D eigenvalue weighted by atomic mass is 10.1. The highest BCUT2D eigenvalue weighted by atomic mass is 32.2. The molecule has 6 nitrogen and oxygen atoms in total. The van der Waals surface area contributed by atoms with E-state index in [1.54, 1.807) is 18.3 Å². The summed E-state index contributed by atoms with van der Waals surface area (Å²) in [6, 6.07) is 9.06. The third-order valence-electron chi connectivity index (χ3n) is 3.97. The third kappa shape index (κ3) is 3.93. The van der Waals surface area contributed by atoms with Crippen LogP contribution in [0.5, 0.6) is 0 Å². The van der Waals surface area contributed by atoms with E-state index in [-0.39, 0.29) is 11.8 Å². The predicted molar refractivity (Wildman–Crippen MR) is 102 cm³/mol. The Morgan fingerprint density at radius 3 is 2.76 bits per heavy atom. The molecule has 0 saturated heterocycles. The molecule has 0 fully saturated rings. The Morgan fingerprint density at radius 1 is 1.28 bits per heavy atom. The van der Waals surface area contributed by atoms with Gasteiger partial charge in [-0.2, -0.15) is 0 Å². The summed E-state index contributed by atoms with van der Waals surface area (Å²) in [6.45, 7) is 5.92. The molecule has 130 valence electrons. The van der Waals surface area contributed by atoms with E-state index in [9.17, 15) is 9.59 Å². The number of nitrogens with one attached hydrogen (secondary N) is 2. The molecule has 1 aromatic heterocycles. The van der Waals surface area contributed by atoms with Gasteiger partial charge in [-0.15, -0.1) is 11.8 Å². The maximum Gasteiger partial charge on any atom is 0.255 e. The molecule has 0 saturated carbocycles. The molecule has 0 bridgehead atoms. The highest BCUT2D eigenvalue weighted by Crippen LogP contribution is 2.32. The van der Waals surface area contributed by atoms with Crippen LogP contribution in [0.3, 0.4) is 0 Å². The zero-order valence-electron chi connectivity index (χ0n) is 14.2. The zero-order chi connectivity index (χ0) is 17.8. The molecule has 1 aromatic carbocycles. The van der Waals surface area contributed by atoms with Gasteiger partial charge in [0.05, 0.1) is 23.3 Å². The van der Waals surface area contributed by atoms with E-state index < -0.39 is 0 Å². The van der Waals surface area contributed by atoms with Crippen molar-refractivity contribution in [2.75, 3.05) is 34.4 Å². The summed E-state index contributed by atoms with van der Waals surface area (Å²) in [7, 11) is 0. The maximum absolute atomic E-state index is 12.4. The number of nitrogens with zero attached hydrogens (tertiary/aromatic N) is 2. The number of carbonyl (C=O) groups is 2. The molecule has 2 N–H and O–H groups in total. The van der Waals surface area contributed by atoms with Gasteiger partial charge < -0.3 is 15.5 Å². The maximum atomic E-state index is 12.4. The average molecular weight is 356 g/mol. The number of pyridine rings is 1. The fraction of sp³-hybridized carbons (Fsp3) is 0.278. The van der Waals surface area contributed by atoms with Crippen molar-refractivity contribution < 1.29 is 9.59 Å². The lowest BCUT2D eigenvalue weighted by molar-refractivity contribution is -0.113. The summed E-state index contributed by atoms with van der Waals surface area (Å²) in [5.41, 5.74) is 1.82. The molecule has 7 heteroatoms. The van der Waals surface area contributed by atoms with Crippen LogP contribution in [0.4, 0.5) is 17.2 Å². The molecule has 0 atom stereocenters. The van der Waals surface area contributed by atoms with Crippen LogP contribution in [0.1, 0.15) is 24.2 Å². The molecule has 1 aliphatic rings. The highest BCUT2D eigenvalue weighted by Gasteiger charge is 2.17. The van der Waals surface area contributed by atoms with Crippen molar-refractivity contribution in [3.05, 3.63) is 42.1 Å². The topological polar surface area (TPSA) is 74.3 Å². The predicted octanol–water partition coefficient (Wildman–Crippen LogP) is 3.22. The Bertz CT molecular complexity index is 788. The zero-order valence-corrected chi connectivity index (χ0v) is 15.0. The Labute approximate surface area is 151 Å². The van der Waals surface area contributed by atoms with Crippen LogP contribution in [0.2, 0.25) is 0 Å². The number of aromatic nitrogens is 1. The van der Waals surface area contributed by atoms with Crippen molar-refractivity contribution in [2.24, 2.45) is 0 Å². The van der Waals surface area contributed by atoms with Crippen molar-refractivity contribution in [3.63, 3.8) is 0 Å². The average Bonchev–Trinajstić information content (AvgIpc) is 2.63. The first-order valence-corrected chi connectivity index (χ1v) is 9.18. The summed E-state index contributed by atoms with van der Waals surface area (Å²) in [5, 5.41) is 5.63. The number of rotatable bonds is 5. The second-order valence-electron chi connectivity index (χ2n) is 5.58. The largest absolute Gasteiger partial charge is 0.357 e. The number of amides is 2. The first kappa shape index (κ1) is 17.3. The molecule has 1 aliphatic heterocycles. The van der Waals surface area contributed by atoms with Gasteiger partial charge in [0.15, 0.2) is 0 Å². The summed E-state index contributed by atoms with van der Waals surface area (Å²) in [5.74, 6) is 1.01. The number of thioether (sulfide) groups is 1. The summed E-state index contributed by atoms with van der Waals surface area (Å²) in [6.07, 6.45) is 1.65. The van der Waals surface area contributed by atoms with Crippen molar-refractivity contribution in [2.45, 2.75) is 18.7 Å². The first-order chi connectivity index (χ1) is 12.1. The number of anilines is 3. The number of fused-ring (bicyclic) bond motifs is 1. The van der Waals surface area contributed by atoms with E-state index in [0.29, 0.717) is 22.7 Å². The summed E-state index contributed by atoms with van der Waals surface area (Å²) in [4.78, 5) is 31.4. The van der Waals surface area contributed by atoms with Crippen molar-refractivity contribution in [3.8, 4) is 0 Å². The van der Waals surface area contributed by atoms with E-state index in [1.165, 1.54) is 11.8 Å². The normalized spacial score (nSPS) is 13.0. The van der Waals surface area contributed by atoms with E-state index in [1.807, 2.05) is 18.2 Å². The lowest BCUT2D eigenvalue weighted by Crippen LogP contribution is -2.23. The van der Waals surface area contributed by atoms with Gasteiger partial charge in [-0.05, 0) is 44.2 Å².